The van der Waals surface area contributed by atoms with Gasteiger partial charge in [-0.1, -0.05) is 11.6 Å². The topological polar surface area (TPSA) is 48.7 Å². The van der Waals surface area contributed by atoms with Crippen LogP contribution in [0.3, 0.4) is 0 Å². The third-order valence-electron chi connectivity index (χ3n) is 1.64. The van der Waals surface area contributed by atoms with Gasteiger partial charge >= 0.3 is 6.18 Å². The van der Waals surface area contributed by atoms with Gasteiger partial charge in [-0.2, -0.15) is 18.4 Å². The number of aromatic nitrogens is 1. The van der Waals surface area contributed by atoms with Crippen LogP contribution in [0.4, 0.5) is 19.0 Å². The van der Waals surface area contributed by atoms with E-state index < -0.39 is 12.6 Å². The van der Waals surface area contributed by atoms with Crippen LogP contribution in [-0.4, -0.2) is 17.7 Å². The maximum Gasteiger partial charge on any atom is 0.390 e. The van der Waals surface area contributed by atoms with Crippen LogP contribution in [-0.2, 0) is 0 Å². The number of anilines is 1. The van der Waals surface area contributed by atoms with Gasteiger partial charge in [0.05, 0.1) is 18.1 Å². The van der Waals surface area contributed by atoms with Crippen molar-refractivity contribution in [1.82, 2.24) is 4.98 Å². The molecule has 1 rings (SSSR count). The number of nitrogens with one attached hydrogen (secondary N) is 1. The number of rotatable bonds is 3. The van der Waals surface area contributed by atoms with Crippen molar-refractivity contribution in [2.45, 2.75) is 12.6 Å². The average Bonchev–Trinajstić information content (AvgIpc) is 2.14. The molecule has 1 heterocycles. The zero-order valence-electron chi connectivity index (χ0n) is 7.98. The molecule has 3 nitrogen and oxygen atoms in total. The van der Waals surface area contributed by atoms with E-state index in [0.717, 1.165) is 0 Å². The monoisotopic (exact) mass is 249 g/mol. The Morgan fingerprint density at radius 2 is 2.12 bits per heavy atom. The highest BCUT2D eigenvalue weighted by atomic mass is 35.5. The van der Waals surface area contributed by atoms with Crippen LogP contribution >= 0.6 is 11.6 Å². The number of nitrogens with zero attached hydrogens (tertiary/aromatic N) is 2. The van der Waals surface area contributed by atoms with Crippen molar-refractivity contribution in [3.63, 3.8) is 0 Å². The summed E-state index contributed by atoms with van der Waals surface area (Å²) in [6.07, 6.45) is -5.19. The maximum atomic E-state index is 11.8. The first-order valence-electron chi connectivity index (χ1n) is 4.29. The first-order chi connectivity index (χ1) is 7.40. The highest BCUT2D eigenvalue weighted by molar-refractivity contribution is 6.29. The Hall–Kier alpha value is -1.48. The third kappa shape index (κ3) is 4.36. The largest absolute Gasteiger partial charge is 0.390 e. The first kappa shape index (κ1) is 12.6. The zero-order valence-corrected chi connectivity index (χ0v) is 8.73. The average molecular weight is 250 g/mol. The molecule has 16 heavy (non-hydrogen) atoms. The molecule has 0 bridgehead atoms. The maximum absolute atomic E-state index is 11.8. The number of pyridine rings is 1. The molecule has 0 aliphatic carbocycles. The van der Waals surface area contributed by atoms with Gasteiger partial charge < -0.3 is 5.32 Å². The summed E-state index contributed by atoms with van der Waals surface area (Å²) in [6.45, 7) is -0.304. The minimum atomic E-state index is -4.22. The molecule has 1 N–H and O–H groups in total. The summed E-state index contributed by atoms with van der Waals surface area (Å²) in [6, 6.07) is 4.49. The first-order valence-corrected chi connectivity index (χ1v) is 4.67. The van der Waals surface area contributed by atoms with Crippen molar-refractivity contribution < 1.29 is 13.2 Å². The summed E-state index contributed by atoms with van der Waals surface area (Å²) in [5, 5.41) is 11.1. The summed E-state index contributed by atoms with van der Waals surface area (Å²) in [5.41, 5.74) is 0.245. The Bertz CT molecular complexity index is 411. The third-order valence-corrected chi connectivity index (χ3v) is 1.83. The van der Waals surface area contributed by atoms with Crippen molar-refractivity contribution in [2.24, 2.45) is 0 Å². The Balaban J connectivity index is 2.61. The number of halogens is 4. The molecule has 0 aromatic carbocycles. The quantitative estimate of drug-likeness (QED) is 0.838. The molecule has 1 aromatic rings. The predicted octanol–water partition coefficient (Wildman–Crippen LogP) is 2.97. The molecule has 0 spiro atoms. The number of nitriles is 1. The number of hydrogen-bond donors (Lipinski definition) is 1. The van der Waals surface area contributed by atoms with Gasteiger partial charge in [-0.15, -0.1) is 0 Å². The fourth-order valence-corrected chi connectivity index (χ4v) is 1.19. The van der Waals surface area contributed by atoms with E-state index in [1.54, 1.807) is 0 Å². The van der Waals surface area contributed by atoms with Crippen molar-refractivity contribution in [3.05, 3.63) is 22.8 Å². The van der Waals surface area contributed by atoms with Crippen molar-refractivity contribution in [1.29, 1.82) is 5.26 Å². The Labute approximate surface area is 94.9 Å². The Morgan fingerprint density at radius 3 is 2.69 bits per heavy atom. The van der Waals surface area contributed by atoms with Crippen LogP contribution in [0, 0.1) is 11.3 Å². The molecule has 0 fully saturated rings. The van der Waals surface area contributed by atoms with Crippen LogP contribution in [0.1, 0.15) is 12.0 Å². The second-order valence-electron chi connectivity index (χ2n) is 2.97. The molecule has 0 atom stereocenters. The second-order valence-corrected chi connectivity index (χ2v) is 3.35. The molecule has 0 aliphatic heterocycles. The van der Waals surface area contributed by atoms with E-state index in [2.05, 4.69) is 10.3 Å². The lowest BCUT2D eigenvalue weighted by Gasteiger charge is -2.08. The van der Waals surface area contributed by atoms with E-state index in [9.17, 15) is 13.2 Å². The van der Waals surface area contributed by atoms with Gasteiger partial charge in [-0.05, 0) is 12.1 Å². The zero-order chi connectivity index (χ0) is 12.2. The summed E-state index contributed by atoms with van der Waals surface area (Å²) in [5.74, 6) is 0.160. The highest BCUT2D eigenvalue weighted by Gasteiger charge is 2.26. The van der Waals surface area contributed by atoms with Crippen LogP contribution in [0.2, 0.25) is 5.15 Å². The van der Waals surface area contributed by atoms with E-state index in [1.165, 1.54) is 12.1 Å². The summed E-state index contributed by atoms with van der Waals surface area (Å²) in [7, 11) is 0. The Morgan fingerprint density at radius 1 is 1.44 bits per heavy atom. The summed E-state index contributed by atoms with van der Waals surface area (Å²) >= 11 is 5.57. The molecule has 1 aromatic heterocycles. The molecule has 0 saturated heterocycles. The van der Waals surface area contributed by atoms with Crippen molar-refractivity contribution in [2.75, 3.05) is 11.9 Å². The molecule has 0 saturated carbocycles. The lowest BCUT2D eigenvalue weighted by atomic mass is 10.3. The molecule has 0 aliphatic rings. The number of hydrogen-bond acceptors (Lipinski definition) is 3. The molecular formula is C9H7ClF3N3. The van der Waals surface area contributed by atoms with Gasteiger partial charge in [0, 0.05) is 6.54 Å². The normalized spacial score (nSPS) is 10.9. The van der Waals surface area contributed by atoms with Crippen LogP contribution in [0.5, 0.6) is 0 Å². The Kier molecular flexibility index (Phi) is 3.96. The van der Waals surface area contributed by atoms with E-state index >= 15 is 0 Å². The van der Waals surface area contributed by atoms with Gasteiger partial charge in [0.1, 0.15) is 11.0 Å². The molecule has 7 heteroatoms. The molecule has 0 amide bonds. The van der Waals surface area contributed by atoms with Gasteiger partial charge in [-0.25, -0.2) is 4.98 Å². The van der Waals surface area contributed by atoms with Crippen LogP contribution in [0.25, 0.3) is 0 Å². The molecule has 0 radical (unpaired) electrons. The minimum absolute atomic E-state index is 0.0635. The SMILES string of the molecule is N#Cc1cc(Cl)nc(NCCC(F)(F)F)c1. The predicted molar refractivity (Wildman–Crippen MR) is 53.1 cm³/mol. The number of alkyl halides is 3. The molecule has 86 valence electrons. The lowest BCUT2D eigenvalue weighted by Crippen LogP contribution is -2.15. The van der Waals surface area contributed by atoms with Crippen molar-refractivity contribution >= 4 is 17.4 Å². The molecule has 0 unspecified atom stereocenters. The standard InChI is InChI=1S/C9H7ClF3N3/c10-7-3-6(5-14)4-8(16-7)15-2-1-9(11,12)13/h3-4H,1-2H2,(H,15,16). The lowest BCUT2D eigenvalue weighted by molar-refractivity contribution is -0.131. The van der Waals surface area contributed by atoms with Crippen molar-refractivity contribution in [3.8, 4) is 6.07 Å². The smallest absolute Gasteiger partial charge is 0.370 e. The van der Waals surface area contributed by atoms with Gasteiger partial charge in [0.25, 0.3) is 0 Å². The van der Waals surface area contributed by atoms with Gasteiger partial charge in [-0.3, -0.25) is 0 Å². The fraction of sp³-hybridized carbons (Fsp3) is 0.333. The second kappa shape index (κ2) is 5.03. The van der Waals surface area contributed by atoms with E-state index in [1.807, 2.05) is 6.07 Å². The minimum Gasteiger partial charge on any atom is -0.370 e. The summed E-state index contributed by atoms with van der Waals surface area (Å²) < 4.78 is 35.5. The highest BCUT2D eigenvalue weighted by Crippen LogP contribution is 2.20. The fourth-order valence-electron chi connectivity index (χ4n) is 0.984. The van der Waals surface area contributed by atoms with Crippen LogP contribution in [0.15, 0.2) is 12.1 Å². The van der Waals surface area contributed by atoms with Crippen LogP contribution < -0.4 is 5.32 Å². The summed E-state index contributed by atoms with van der Waals surface area (Å²) in [4.78, 5) is 3.74. The van der Waals surface area contributed by atoms with Gasteiger partial charge in [0.2, 0.25) is 0 Å². The van der Waals surface area contributed by atoms with E-state index in [-0.39, 0.29) is 23.1 Å². The van der Waals surface area contributed by atoms with E-state index in [4.69, 9.17) is 16.9 Å². The van der Waals surface area contributed by atoms with Gasteiger partial charge in [0.15, 0.2) is 0 Å². The van der Waals surface area contributed by atoms with E-state index in [0.29, 0.717) is 0 Å². The molecular weight excluding hydrogens is 243 g/mol.